The van der Waals surface area contributed by atoms with Crippen molar-refractivity contribution in [3.63, 3.8) is 0 Å². The Balaban J connectivity index is 2.34. The molecule has 124 valence electrons. The van der Waals surface area contributed by atoms with Crippen LogP contribution in [0, 0.1) is 11.3 Å². The molecule has 0 spiro atoms. The summed E-state index contributed by atoms with van der Waals surface area (Å²) in [6, 6.07) is 13.3. The van der Waals surface area contributed by atoms with Gasteiger partial charge in [-0.05, 0) is 42.0 Å². The standard InChI is InChI=1S/C18H18N2O4/c1-22-15-9-6-13(10-16(15)23-2)17(18(21)24-3)20-14-7-4-12(11-19)5-8-14/h4-10,17,20H,1-3H3. The molecule has 1 unspecified atom stereocenters. The Bertz CT molecular complexity index is 751. The van der Waals surface area contributed by atoms with Crippen molar-refractivity contribution in [1.82, 2.24) is 0 Å². The average Bonchev–Trinajstić information content (AvgIpc) is 2.65. The number of methoxy groups -OCH3 is 3. The Morgan fingerprint density at radius 1 is 1.04 bits per heavy atom. The summed E-state index contributed by atoms with van der Waals surface area (Å²) in [7, 11) is 4.41. The van der Waals surface area contributed by atoms with E-state index in [9.17, 15) is 4.79 Å². The van der Waals surface area contributed by atoms with Crippen LogP contribution < -0.4 is 14.8 Å². The van der Waals surface area contributed by atoms with Crippen molar-refractivity contribution in [1.29, 1.82) is 5.26 Å². The highest BCUT2D eigenvalue weighted by Crippen LogP contribution is 2.31. The summed E-state index contributed by atoms with van der Waals surface area (Å²) in [6.07, 6.45) is 0. The van der Waals surface area contributed by atoms with Gasteiger partial charge in [-0.1, -0.05) is 6.07 Å². The van der Waals surface area contributed by atoms with Crippen LogP contribution in [0.15, 0.2) is 42.5 Å². The van der Waals surface area contributed by atoms with E-state index in [1.165, 1.54) is 14.2 Å². The lowest BCUT2D eigenvalue weighted by Gasteiger charge is -2.19. The van der Waals surface area contributed by atoms with Crippen LogP contribution in [0.4, 0.5) is 5.69 Å². The molecule has 1 N–H and O–H groups in total. The van der Waals surface area contributed by atoms with Gasteiger partial charge in [0.05, 0.1) is 33.0 Å². The van der Waals surface area contributed by atoms with Gasteiger partial charge < -0.3 is 19.5 Å². The first kappa shape index (κ1) is 17.2. The van der Waals surface area contributed by atoms with Crippen molar-refractivity contribution >= 4 is 11.7 Å². The predicted octanol–water partition coefficient (Wildman–Crippen LogP) is 2.90. The fourth-order valence-corrected chi connectivity index (χ4v) is 2.24. The highest BCUT2D eigenvalue weighted by Gasteiger charge is 2.23. The molecule has 0 aliphatic carbocycles. The number of ether oxygens (including phenoxy) is 3. The van der Waals surface area contributed by atoms with Gasteiger partial charge in [0.1, 0.15) is 0 Å². The first-order chi connectivity index (χ1) is 11.6. The number of hydrogen-bond donors (Lipinski definition) is 1. The molecular weight excluding hydrogens is 308 g/mol. The van der Waals surface area contributed by atoms with Gasteiger partial charge in [0.2, 0.25) is 0 Å². The van der Waals surface area contributed by atoms with Crippen LogP contribution in [-0.2, 0) is 9.53 Å². The molecule has 0 heterocycles. The average molecular weight is 326 g/mol. The lowest BCUT2D eigenvalue weighted by atomic mass is 10.1. The number of nitriles is 1. The second kappa shape index (κ2) is 7.88. The zero-order chi connectivity index (χ0) is 17.5. The number of anilines is 1. The van der Waals surface area contributed by atoms with E-state index in [0.29, 0.717) is 28.3 Å². The molecule has 6 heteroatoms. The minimum Gasteiger partial charge on any atom is -0.493 e. The molecule has 0 aliphatic heterocycles. The monoisotopic (exact) mass is 326 g/mol. The number of nitrogens with one attached hydrogen (secondary N) is 1. The lowest BCUT2D eigenvalue weighted by Crippen LogP contribution is -2.22. The SMILES string of the molecule is COC(=O)C(Nc1ccc(C#N)cc1)c1ccc(OC)c(OC)c1. The number of carbonyl (C=O) groups excluding carboxylic acids is 1. The maximum atomic E-state index is 12.2. The highest BCUT2D eigenvalue weighted by molar-refractivity contribution is 5.81. The predicted molar refractivity (Wildman–Crippen MR) is 89.1 cm³/mol. The van der Waals surface area contributed by atoms with Crippen molar-refractivity contribution in [2.75, 3.05) is 26.6 Å². The quantitative estimate of drug-likeness (QED) is 0.822. The van der Waals surface area contributed by atoms with E-state index in [-0.39, 0.29) is 0 Å². The molecule has 0 saturated carbocycles. The third kappa shape index (κ3) is 3.76. The van der Waals surface area contributed by atoms with Gasteiger partial charge in [-0.15, -0.1) is 0 Å². The molecule has 1 atom stereocenters. The van der Waals surface area contributed by atoms with E-state index in [1.807, 2.05) is 0 Å². The van der Waals surface area contributed by atoms with E-state index in [0.717, 1.165) is 0 Å². The van der Waals surface area contributed by atoms with Crippen LogP contribution in [0.5, 0.6) is 11.5 Å². The second-order valence-corrected chi connectivity index (χ2v) is 4.90. The lowest BCUT2D eigenvalue weighted by molar-refractivity contribution is -0.141. The molecule has 0 bridgehead atoms. The molecule has 2 aromatic carbocycles. The summed E-state index contributed by atoms with van der Waals surface area (Å²) in [4.78, 5) is 12.2. The largest absolute Gasteiger partial charge is 0.493 e. The van der Waals surface area contributed by atoms with Crippen LogP contribution in [0.25, 0.3) is 0 Å². The number of hydrogen-bond acceptors (Lipinski definition) is 6. The Kier molecular flexibility index (Phi) is 5.63. The van der Waals surface area contributed by atoms with Crippen LogP contribution in [0.1, 0.15) is 17.2 Å². The van der Waals surface area contributed by atoms with Crippen LogP contribution in [0.2, 0.25) is 0 Å². The molecule has 0 saturated heterocycles. The van der Waals surface area contributed by atoms with E-state index in [1.54, 1.807) is 49.6 Å². The summed E-state index contributed by atoms with van der Waals surface area (Å²) in [5.41, 5.74) is 1.91. The van der Waals surface area contributed by atoms with Crippen LogP contribution in [0.3, 0.4) is 0 Å². The van der Waals surface area contributed by atoms with Gasteiger partial charge in [0.25, 0.3) is 0 Å². The summed E-state index contributed by atoms with van der Waals surface area (Å²) < 4.78 is 15.4. The number of nitrogens with zero attached hydrogens (tertiary/aromatic N) is 1. The van der Waals surface area contributed by atoms with Gasteiger partial charge in [0.15, 0.2) is 17.5 Å². The molecule has 0 fully saturated rings. The van der Waals surface area contributed by atoms with Gasteiger partial charge in [0, 0.05) is 5.69 Å². The van der Waals surface area contributed by atoms with E-state index in [4.69, 9.17) is 19.5 Å². The summed E-state index contributed by atoms with van der Waals surface area (Å²) in [6.45, 7) is 0. The third-order valence-corrected chi connectivity index (χ3v) is 3.50. The fraction of sp³-hybridized carbons (Fsp3) is 0.222. The maximum absolute atomic E-state index is 12.2. The molecule has 0 aromatic heterocycles. The first-order valence-electron chi connectivity index (χ1n) is 7.19. The van der Waals surface area contributed by atoms with Crippen LogP contribution >= 0.6 is 0 Å². The van der Waals surface area contributed by atoms with Gasteiger partial charge in [-0.2, -0.15) is 5.26 Å². The van der Waals surface area contributed by atoms with E-state index < -0.39 is 12.0 Å². The zero-order valence-corrected chi connectivity index (χ0v) is 13.7. The summed E-state index contributed by atoms with van der Waals surface area (Å²) in [5.74, 6) is 0.653. The smallest absolute Gasteiger partial charge is 0.332 e. The molecule has 2 rings (SSSR count). The van der Waals surface area contributed by atoms with E-state index >= 15 is 0 Å². The van der Waals surface area contributed by atoms with Crippen molar-refractivity contribution in [2.24, 2.45) is 0 Å². The normalized spacial score (nSPS) is 11.1. The number of benzene rings is 2. The molecule has 0 amide bonds. The van der Waals surface area contributed by atoms with Gasteiger partial charge >= 0.3 is 5.97 Å². The molecule has 2 aromatic rings. The number of rotatable bonds is 6. The summed E-state index contributed by atoms with van der Waals surface area (Å²) in [5, 5.41) is 12.0. The first-order valence-corrected chi connectivity index (χ1v) is 7.19. The minimum absolute atomic E-state index is 0.438. The maximum Gasteiger partial charge on any atom is 0.332 e. The number of carbonyl (C=O) groups is 1. The minimum atomic E-state index is -0.720. The topological polar surface area (TPSA) is 80.6 Å². The third-order valence-electron chi connectivity index (χ3n) is 3.50. The van der Waals surface area contributed by atoms with Crippen molar-refractivity contribution < 1.29 is 19.0 Å². The van der Waals surface area contributed by atoms with E-state index in [2.05, 4.69) is 11.4 Å². The molecule has 24 heavy (non-hydrogen) atoms. The number of esters is 1. The Labute approximate surface area is 140 Å². The Hall–Kier alpha value is -3.20. The van der Waals surface area contributed by atoms with Crippen LogP contribution in [-0.4, -0.2) is 27.3 Å². The van der Waals surface area contributed by atoms with Gasteiger partial charge in [-0.3, -0.25) is 0 Å². The molecule has 6 nitrogen and oxygen atoms in total. The zero-order valence-electron chi connectivity index (χ0n) is 13.7. The Morgan fingerprint density at radius 3 is 2.25 bits per heavy atom. The second-order valence-electron chi connectivity index (χ2n) is 4.90. The molecule has 0 radical (unpaired) electrons. The Morgan fingerprint density at radius 2 is 1.71 bits per heavy atom. The van der Waals surface area contributed by atoms with Gasteiger partial charge in [-0.25, -0.2) is 4.79 Å². The fourth-order valence-electron chi connectivity index (χ4n) is 2.24. The van der Waals surface area contributed by atoms with Crippen molar-refractivity contribution in [2.45, 2.75) is 6.04 Å². The molecular formula is C18H18N2O4. The van der Waals surface area contributed by atoms with Crippen molar-refractivity contribution in [3.05, 3.63) is 53.6 Å². The molecule has 0 aliphatic rings. The summed E-state index contributed by atoms with van der Waals surface area (Å²) >= 11 is 0. The highest BCUT2D eigenvalue weighted by atomic mass is 16.5. The van der Waals surface area contributed by atoms with Crippen molar-refractivity contribution in [3.8, 4) is 17.6 Å².